The maximum atomic E-state index is 12.0. The van der Waals surface area contributed by atoms with Crippen LogP contribution in [0.3, 0.4) is 0 Å². The number of hydrogen-bond acceptors (Lipinski definition) is 4. The predicted molar refractivity (Wildman–Crippen MR) is 98.4 cm³/mol. The van der Waals surface area contributed by atoms with Crippen molar-refractivity contribution < 1.29 is 4.79 Å². The van der Waals surface area contributed by atoms with Gasteiger partial charge in [-0.1, -0.05) is 42.9 Å². The van der Waals surface area contributed by atoms with E-state index in [9.17, 15) is 4.79 Å². The van der Waals surface area contributed by atoms with Gasteiger partial charge in [0.15, 0.2) is 0 Å². The second-order valence-corrected chi connectivity index (χ2v) is 6.93. The summed E-state index contributed by atoms with van der Waals surface area (Å²) in [6.07, 6.45) is 7.40. The average Bonchev–Trinajstić information content (AvgIpc) is 3.20. The first-order valence-corrected chi connectivity index (χ1v) is 9.25. The third-order valence-corrected chi connectivity index (χ3v) is 4.88. The molecule has 0 radical (unpaired) electrons. The van der Waals surface area contributed by atoms with E-state index in [0.717, 1.165) is 42.6 Å². The highest BCUT2D eigenvalue weighted by molar-refractivity contribution is 7.15. The molecule has 0 aliphatic carbocycles. The number of amides is 1. The van der Waals surface area contributed by atoms with Crippen LogP contribution in [0.15, 0.2) is 30.5 Å². The predicted octanol–water partition coefficient (Wildman–Crippen LogP) is 4.32. The molecular weight excluding hydrogens is 320 g/mol. The normalized spacial score (nSPS) is 11.0. The van der Waals surface area contributed by atoms with E-state index in [1.165, 1.54) is 22.3 Å². The maximum Gasteiger partial charge on any atom is 0.226 e. The zero-order valence-corrected chi connectivity index (χ0v) is 14.7. The van der Waals surface area contributed by atoms with Crippen molar-refractivity contribution in [3.05, 3.63) is 41.0 Å². The summed E-state index contributed by atoms with van der Waals surface area (Å²) in [7, 11) is 0. The first-order valence-electron chi connectivity index (χ1n) is 8.43. The fraction of sp³-hybridized carbons (Fsp3) is 0.389. The second-order valence-electron chi connectivity index (χ2n) is 5.87. The molecule has 24 heavy (non-hydrogen) atoms. The molecule has 0 unspecified atom stereocenters. The Bertz CT molecular complexity index is 808. The van der Waals surface area contributed by atoms with Crippen LogP contribution in [0.4, 0.5) is 5.13 Å². The summed E-state index contributed by atoms with van der Waals surface area (Å²) < 4.78 is 0. The number of para-hydroxylation sites is 1. The van der Waals surface area contributed by atoms with Gasteiger partial charge in [-0.3, -0.25) is 4.79 Å². The molecule has 0 saturated heterocycles. The van der Waals surface area contributed by atoms with Gasteiger partial charge in [-0.2, -0.15) is 0 Å². The average molecular weight is 342 g/mol. The number of hydrogen-bond donors (Lipinski definition) is 2. The third kappa shape index (κ3) is 4.20. The van der Waals surface area contributed by atoms with Gasteiger partial charge in [0.2, 0.25) is 11.0 Å². The van der Waals surface area contributed by atoms with E-state index in [1.807, 2.05) is 18.3 Å². The van der Waals surface area contributed by atoms with Gasteiger partial charge in [0, 0.05) is 29.9 Å². The van der Waals surface area contributed by atoms with Crippen LogP contribution >= 0.6 is 11.3 Å². The number of nitrogens with one attached hydrogen (secondary N) is 2. The number of H-pyrrole nitrogens is 1. The summed E-state index contributed by atoms with van der Waals surface area (Å²) in [5.74, 6) is 0.00744. The standard InChI is InChI=1S/C18H22N4OS/c1-2-3-11-17-21-22-18(24-17)20-16(23)10-6-7-13-12-19-15-9-5-4-8-14(13)15/h4-5,8-9,12,19H,2-3,6-7,10-11H2,1H3,(H,20,22,23). The van der Waals surface area contributed by atoms with Gasteiger partial charge in [-0.25, -0.2) is 0 Å². The molecule has 1 aromatic carbocycles. The van der Waals surface area contributed by atoms with Crippen molar-refractivity contribution in [3.8, 4) is 0 Å². The fourth-order valence-electron chi connectivity index (χ4n) is 2.69. The summed E-state index contributed by atoms with van der Waals surface area (Å²) in [4.78, 5) is 15.3. The molecule has 3 rings (SSSR count). The van der Waals surface area contributed by atoms with E-state index >= 15 is 0 Å². The number of carbonyl (C=O) groups excluding carboxylic acids is 1. The van der Waals surface area contributed by atoms with Gasteiger partial charge in [0.25, 0.3) is 0 Å². The Morgan fingerprint density at radius 3 is 2.96 bits per heavy atom. The van der Waals surface area contributed by atoms with Crippen molar-refractivity contribution in [1.29, 1.82) is 0 Å². The Labute approximate surface area is 145 Å². The lowest BCUT2D eigenvalue weighted by Crippen LogP contribution is -2.11. The van der Waals surface area contributed by atoms with E-state index in [-0.39, 0.29) is 5.91 Å². The van der Waals surface area contributed by atoms with Crippen LogP contribution in [0.1, 0.15) is 43.2 Å². The number of anilines is 1. The number of aromatic amines is 1. The van der Waals surface area contributed by atoms with Crippen LogP contribution in [0.5, 0.6) is 0 Å². The molecule has 0 aliphatic rings. The van der Waals surface area contributed by atoms with Crippen molar-refractivity contribution >= 4 is 33.3 Å². The molecule has 0 atom stereocenters. The number of unbranched alkanes of at least 4 members (excludes halogenated alkanes) is 1. The first kappa shape index (κ1) is 16.6. The molecule has 0 bridgehead atoms. The van der Waals surface area contributed by atoms with E-state index in [4.69, 9.17) is 0 Å². The largest absolute Gasteiger partial charge is 0.361 e. The Morgan fingerprint density at radius 1 is 1.21 bits per heavy atom. The molecule has 3 aromatic rings. The molecule has 0 aliphatic heterocycles. The Kier molecular flexibility index (Phi) is 5.59. The van der Waals surface area contributed by atoms with Crippen molar-refractivity contribution in [2.24, 2.45) is 0 Å². The van der Waals surface area contributed by atoms with E-state index < -0.39 is 0 Å². The lowest BCUT2D eigenvalue weighted by atomic mass is 10.1. The zero-order chi connectivity index (χ0) is 16.8. The van der Waals surface area contributed by atoms with Gasteiger partial charge >= 0.3 is 0 Å². The van der Waals surface area contributed by atoms with Crippen LogP contribution in [0.25, 0.3) is 10.9 Å². The molecule has 2 aromatic heterocycles. The highest BCUT2D eigenvalue weighted by Gasteiger charge is 2.09. The van der Waals surface area contributed by atoms with Gasteiger partial charge in [-0.05, 0) is 30.9 Å². The van der Waals surface area contributed by atoms with Crippen molar-refractivity contribution in [3.63, 3.8) is 0 Å². The van der Waals surface area contributed by atoms with Crippen LogP contribution in [-0.4, -0.2) is 21.1 Å². The Hall–Kier alpha value is -2.21. The van der Waals surface area contributed by atoms with Crippen molar-refractivity contribution in [2.45, 2.75) is 45.4 Å². The first-order chi connectivity index (χ1) is 11.8. The lowest BCUT2D eigenvalue weighted by molar-refractivity contribution is -0.116. The fourth-order valence-corrected chi connectivity index (χ4v) is 3.49. The number of aromatic nitrogens is 3. The number of rotatable bonds is 8. The molecular formula is C18H22N4OS. The Morgan fingerprint density at radius 2 is 2.08 bits per heavy atom. The molecule has 0 fully saturated rings. The minimum atomic E-state index is 0.00744. The van der Waals surface area contributed by atoms with E-state index in [0.29, 0.717) is 11.6 Å². The van der Waals surface area contributed by atoms with Gasteiger partial charge in [-0.15, -0.1) is 10.2 Å². The quantitative estimate of drug-likeness (QED) is 0.640. The molecule has 1 amide bonds. The summed E-state index contributed by atoms with van der Waals surface area (Å²) in [6.45, 7) is 2.15. The monoisotopic (exact) mass is 342 g/mol. The van der Waals surface area contributed by atoms with Crippen LogP contribution in [0.2, 0.25) is 0 Å². The maximum absolute atomic E-state index is 12.0. The molecule has 6 heteroatoms. The summed E-state index contributed by atoms with van der Waals surface area (Å²) in [5, 5.41) is 13.8. The highest BCUT2D eigenvalue weighted by Crippen LogP contribution is 2.20. The van der Waals surface area contributed by atoms with Crippen LogP contribution in [-0.2, 0) is 17.6 Å². The topological polar surface area (TPSA) is 70.7 Å². The molecule has 2 N–H and O–H groups in total. The van der Waals surface area contributed by atoms with Crippen LogP contribution in [0, 0.1) is 0 Å². The summed E-state index contributed by atoms with van der Waals surface area (Å²) in [5.41, 5.74) is 2.40. The van der Waals surface area contributed by atoms with Gasteiger partial charge in [0.05, 0.1) is 0 Å². The Balaban J connectivity index is 1.46. The number of benzene rings is 1. The number of aryl methyl sites for hydroxylation is 2. The van der Waals surface area contributed by atoms with E-state index in [2.05, 4.69) is 39.6 Å². The van der Waals surface area contributed by atoms with Crippen molar-refractivity contribution in [2.75, 3.05) is 5.32 Å². The number of fused-ring (bicyclic) bond motifs is 1. The second kappa shape index (κ2) is 8.06. The molecule has 0 saturated carbocycles. The van der Waals surface area contributed by atoms with Crippen molar-refractivity contribution in [1.82, 2.24) is 15.2 Å². The zero-order valence-electron chi connectivity index (χ0n) is 13.8. The minimum Gasteiger partial charge on any atom is -0.361 e. The van der Waals surface area contributed by atoms with Crippen LogP contribution < -0.4 is 5.32 Å². The minimum absolute atomic E-state index is 0.00744. The molecule has 2 heterocycles. The number of carbonyl (C=O) groups is 1. The SMILES string of the molecule is CCCCc1nnc(NC(=O)CCCc2c[nH]c3ccccc23)s1. The van der Waals surface area contributed by atoms with Gasteiger partial charge in [0.1, 0.15) is 5.01 Å². The highest BCUT2D eigenvalue weighted by atomic mass is 32.1. The molecule has 0 spiro atoms. The lowest BCUT2D eigenvalue weighted by Gasteiger charge is -2.01. The summed E-state index contributed by atoms with van der Waals surface area (Å²) in [6, 6.07) is 8.24. The summed E-state index contributed by atoms with van der Waals surface area (Å²) >= 11 is 1.48. The van der Waals surface area contributed by atoms with Gasteiger partial charge < -0.3 is 10.3 Å². The smallest absolute Gasteiger partial charge is 0.226 e. The van der Waals surface area contributed by atoms with E-state index in [1.54, 1.807) is 0 Å². The molecule has 5 nitrogen and oxygen atoms in total. The molecule has 126 valence electrons. The third-order valence-electron chi connectivity index (χ3n) is 3.98. The number of nitrogens with zero attached hydrogens (tertiary/aromatic N) is 2.